The van der Waals surface area contributed by atoms with Gasteiger partial charge >= 0.3 is 0 Å². The molecule has 1 atom stereocenters. The molecule has 1 aromatic rings. The maximum atomic E-state index is 11.3. The van der Waals surface area contributed by atoms with Crippen molar-refractivity contribution in [2.45, 2.75) is 18.6 Å². The van der Waals surface area contributed by atoms with Gasteiger partial charge in [-0.25, -0.2) is 0 Å². The zero-order valence-electron chi connectivity index (χ0n) is 6.78. The third-order valence-corrected chi connectivity index (χ3v) is 2.76. The highest BCUT2D eigenvalue weighted by molar-refractivity contribution is 7.81. The lowest BCUT2D eigenvalue weighted by Crippen LogP contribution is -2.22. The third-order valence-electron chi connectivity index (χ3n) is 1.48. The minimum absolute atomic E-state index is 0.0285. The van der Waals surface area contributed by atoms with Crippen molar-refractivity contribution in [2.24, 2.45) is 0 Å². The van der Waals surface area contributed by atoms with Crippen LogP contribution in [0.4, 0.5) is 5.69 Å². The summed E-state index contributed by atoms with van der Waals surface area (Å²) in [5, 5.41) is 6.39. The molecule has 0 aliphatic heterocycles. The summed E-state index contributed by atoms with van der Waals surface area (Å²) in [5.41, 5.74) is 0.859. The number of thiol groups is 1. The molecule has 1 heterocycles. The Labute approximate surface area is 81.4 Å². The Bertz CT molecular complexity index is 246. The summed E-state index contributed by atoms with van der Waals surface area (Å²) in [7, 11) is 0. The van der Waals surface area contributed by atoms with Crippen LogP contribution in [-0.2, 0) is 4.79 Å². The lowest BCUT2D eigenvalue weighted by atomic mass is 10.3. The maximum Gasteiger partial charge on any atom is 0.237 e. The second-order valence-electron chi connectivity index (χ2n) is 2.43. The molecular weight excluding hydrogens is 190 g/mol. The molecular formula is C8H11NOS2. The maximum absolute atomic E-state index is 11.3. The molecule has 1 amide bonds. The lowest BCUT2D eigenvalue weighted by Gasteiger charge is -2.06. The molecule has 1 aromatic heterocycles. The summed E-state index contributed by atoms with van der Waals surface area (Å²) in [6.07, 6.45) is 0.749. The number of amides is 1. The van der Waals surface area contributed by atoms with Crippen molar-refractivity contribution in [2.75, 3.05) is 5.32 Å². The zero-order valence-corrected chi connectivity index (χ0v) is 8.49. The molecule has 1 rings (SSSR count). The van der Waals surface area contributed by atoms with Gasteiger partial charge in [0.05, 0.1) is 10.9 Å². The fraction of sp³-hybridized carbons (Fsp3) is 0.375. The van der Waals surface area contributed by atoms with Crippen molar-refractivity contribution >= 4 is 35.6 Å². The van der Waals surface area contributed by atoms with Gasteiger partial charge in [0.25, 0.3) is 0 Å². The summed E-state index contributed by atoms with van der Waals surface area (Å²) in [6.45, 7) is 1.94. The topological polar surface area (TPSA) is 29.1 Å². The lowest BCUT2D eigenvalue weighted by molar-refractivity contribution is -0.115. The van der Waals surface area contributed by atoms with Crippen LogP contribution < -0.4 is 5.32 Å². The van der Waals surface area contributed by atoms with Crippen LogP contribution in [0, 0.1) is 0 Å². The van der Waals surface area contributed by atoms with E-state index < -0.39 is 0 Å². The number of rotatable bonds is 3. The van der Waals surface area contributed by atoms with E-state index in [-0.39, 0.29) is 11.2 Å². The Morgan fingerprint density at radius 3 is 3.08 bits per heavy atom. The van der Waals surface area contributed by atoms with Crippen LogP contribution in [0.1, 0.15) is 13.3 Å². The second-order valence-corrected chi connectivity index (χ2v) is 3.83. The molecule has 1 N–H and O–H groups in total. The first-order valence-electron chi connectivity index (χ1n) is 3.75. The summed E-state index contributed by atoms with van der Waals surface area (Å²) in [6, 6.07) is 1.87. The SMILES string of the molecule is CCC(S)C(=O)Nc1ccsc1. The molecule has 1 unspecified atom stereocenters. The number of nitrogens with one attached hydrogen (secondary N) is 1. The average Bonchev–Trinajstić information content (AvgIpc) is 2.55. The number of carbonyl (C=O) groups excluding carboxylic acids is 1. The van der Waals surface area contributed by atoms with Gasteiger partial charge in [-0.3, -0.25) is 4.79 Å². The van der Waals surface area contributed by atoms with Crippen LogP contribution in [0.25, 0.3) is 0 Å². The molecule has 0 fully saturated rings. The number of thiophene rings is 1. The standard InChI is InChI=1S/C8H11NOS2/c1-2-7(11)8(10)9-6-3-4-12-5-6/h3-5,7,11H,2H2,1H3,(H,9,10). The first-order valence-corrected chi connectivity index (χ1v) is 5.21. The fourth-order valence-electron chi connectivity index (χ4n) is 0.747. The van der Waals surface area contributed by atoms with Crippen LogP contribution in [0.5, 0.6) is 0 Å². The smallest absolute Gasteiger partial charge is 0.237 e. The number of hydrogen-bond acceptors (Lipinski definition) is 3. The van der Waals surface area contributed by atoms with Crippen molar-refractivity contribution in [3.63, 3.8) is 0 Å². The van der Waals surface area contributed by atoms with Gasteiger partial charge in [0, 0.05) is 5.38 Å². The monoisotopic (exact) mass is 201 g/mol. The Balaban J connectivity index is 2.47. The van der Waals surface area contributed by atoms with E-state index in [1.807, 2.05) is 23.8 Å². The molecule has 0 bridgehead atoms. The van der Waals surface area contributed by atoms with Crippen LogP contribution in [0.15, 0.2) is 16.8 Å². The highest BCUT2D eigenvalue weighted by atomic mass is 32.1. The number of hydrogen-bond donors (Lipinski definition) is 2. The number of carbonyl (C=O) groups is 1. The van der Waals surface area contributed by atoms with Crippen LogP contribution in [0.3, 0.4) is 0 Å². The summed E-state index contributed by atoms with van der Waals surface area (Å²) >= 11 is 5.69. The van der Waals surface area contributed by atoms with Gasteiger partial charge in [0.15, 0.2) is 0 Å². The van der Waals surface area contributed by atoms with Crippen molar-refractivity contribution in [1.82, 2.24) is 0 Å². The van der Waals surface area contributed by atoms with E-state index >= 15 is 0 Å². The molecule has 0 saturated heterocycles. The van der Waals surface area contributed by atoms with Gasteiger partial charge in [-0.1, -0.05) is 6.92 Å². The summed E-state index contributed by atoms with van der Waals surface area (Å²) in [5.74, 6) is -0.0285. The zero-order chi connectivity index (χ0) is 8.97. The predicted molar refractivity (Wildman–Crippen MR) is 56.0 cm³/mol. The van der Waals surface area contributed by atoms with E-state index in [2.05, 4.69) is 17.9 Å². The minimum atomic E-state index is -0.204. The van der Waals surface area contributed by atoms with Gasteiger partial charge in [0.2, 0.25) is 5.91 Å². The van der Waals surface area contributed by atoms with E-state index in [1.54, 1.807) is 11.3 Å². The Morgan fingerprint density at radius 2 is 2.58 bits per heavy atom. The van der Waals surface area contributed by atoms with Crippen molar-refractivity contribution in [3.8, 4) is 0 Å². The Morgan fingerprint density at radius 1 is 1.83 bits per heavy atom. The largest absolute Gasteiger partial charge is 0.324 e. The molecule has 0 aliphatic carbocycles. The van der Waals surface area contributed by atoms with E-state index in [0.717, 1.165) is 12.1 Å². The normalized spacial score (nSPS) is 12.5. The quantitative estimate of drug-likeness (QED) is 0.722. The Kier molecular flexibility index (Phi) is 3.62. The van der Waals surface area contributed by atoms with Crippen molar-refractivity contribution < 1.29 is 4.79 Å². The van der Waals surface area contributed by atoms with Gasteiger partial charge in [0.1, 0.15) is 0 Å². The van der Waals surface area contributed by atoms with Crippen molar-refractivity contribution in [1.29, 1.82) is 0 Å². The van der Waals surface area contributed by atoms with E-state index in [0.29, 0.717) is 0 Å². The number of anilines is 1. The highest BCUT2D eigenvalue weighted by Crippen LogP contribution is 2.13. The van der Waals surface area contributed by atoms with Gasteiger partial charge in [-0.2, -0.15) is 24.0 Å². The molecule has 12 heavy (non-hydrogen) atoms. The first kappa shape index (κ1) is 9.61. The minimum Gasteiger partial charge on any atom is -0.324 e. The molecule has 0 spiro atoms. The highest BCUT2D eigenvalue weighted by Gasteiger charge is 2.10. The summed E-state index contributed by atoms with van der Waals surface area (Å²) in [4.78, 5) is 11.3. The van der Waals surface area contributed by atoms with Crippen LogP contribution >= 0.6 is 24.0 Å². The first-order chi connectivity index (χ1) is 5.74. The van der Waals surface area contributed by atoms with E-state index in [4.69, 9.17) is 0 Å². The van der Waals surface area contributed by atoms with Crippen LogP contribution in [-0.4, -0.2) is 11.2 Å². The second kappa shape index (κ2) is 4.52. The Hall–Kier alpha value is -0.480. The van der Waals surface area contributed by atoms with Crippen molar-refractivity contribution in [3.05, 3.63) is 16.8 Å². The molecule has 4 heteroatoms. The van der Waals surface area contributed by atoms with Gasteiger partial charge in [-0.05, 0) is 17.9 Å². The molecule has 0 aromatic carbocycles. The third kappa shape index (κ3) is 2.53. The molecule has 66 valence electrons. The van der Waals surface area contributed by atoms with Gasteiger partial charge < -0.3 is 5.32 Å². The van der Waals surface area contributed by atoms with Gasteiger partial charge in [-0.15, -0.1) is 0 Å². The molecule has 0 aliphatic rings. The summed E-state index contributed by atoms with van der Waals surface area (Å²) < 4.78 is 0. The van der Waals surface area contributed by atoms with E-state index in [9.17, 15) is 4.79 Å². The molecule has 0 radical (unpaired) electrons. The molecule has 0 saturated carbocycles. The average molecular weight is 201 g/mol. The van der Waals surface area contributed by atoms with E-state index in [1.165, 1.54) is 0 Å². The van der Waals surface area contributed by atoms with Crippen LogP contribution in [0.2, 0.25) is 0 Å². The molecule has 2 nitrogen and oxygen atoms in total. The predicted octanol–water partition coefficient (Wildman–Crippen LogP) is 2.40. The fourth-order valence-corrected chi connectivity index (χ4v) is 1.40.